The van der Waals surface area contributed by atoms with Crippen LogP contribution < -0.4 is 4.72 Å². The van der Waals surface area contributed by atoms with Gasteiger partial charge in [-0.25, -0.2) is 13.1 Å². The summed E-state index contributed by atoms with van der Waals surface area (Å²) < 4.78 is 26.2. The molecule has 90 valence electrons. The van der Waals surface area contributed by atoms with Gasteiger partial charge < -0.3 is 0 Å². The van der Waals surface area contributed by atoms with Gasteiger partial charge in [-0.1, -0.05) is 17.7 Å². The molecule has 0 saturated carbocycles. The van der Waals surface area contributed by atoms with Gasteiger partial charge in [0.1, 0.15) is 0 Å². The molecule has 0 saturated heterocycles. The molecule has 0 radical (unpaired) electrons. The highest BCUT2D eigenvalue weighted by molar-refractivity contribution is 7.89. The van der Waals surface area contributed by atoms with E-state index in [4.69, 9.17) is 23.2 Å². The number of nitrogens with one attached hydrogen (secondary N) is 1. The molecule has 0 heterocycles. The first-order chi connectivity index (χ1) is 7.45. The minimum Gasteiger partial charge on any atom is -0.208 e. The van der Waals surface area contributed by atoms with Gasteiger partial charge in [-0.3, -0.25) is 0 Å². The SMILES string of the molecule is CC(CCCl)NS(=O)(=O)c1cccc(Cl)c1. The van der Waals surface area contributed by atoms with E-state index in [2.05, 4.69) is 4.72 Å². The number of hydrogen-bond acceptors (Lipinski definition) is 2. The molecule has 1 atom stereocenters. The van der Waals surface area contributed by atoms with E-state index in [-0.39, 0.29) is 10.9 Å². The molecule has 0 spiro atoms. The Labute approximate surface area is 106 Å². The Kier molecular flexibility index (Phi) is 5.05. The number of sulfonamides is 1. The average molecular weight is 282 g/mol. The molecule has 3 nitrogen and oxygen atoms in total. The minimum absolute atomic E-state index is 0.168. The molecule has 1 rings (SSSR count). The lowest BCUT2D eigenvalue weighted by molar-refractivity contribution is 0.556. The molecule has 1 N–H and O–H groups in total. The summed E-state index contributed by atoms with van der Waals surface area (Å²) >= 11 is 11.3. The van der Waals surface area contributed by atoms with Gasteiger partial charge >= 0.3 is 0 Å². The zero-order chi connectivity index (χ0) is 12.2. The van der Waals surface area contributed by atoms with Gasteiger partial charge in [0, 0.05) is 16.9 Å². The zero-order valence-electron chi connectivity index (χ0n) is 8.78. The summed E-state index contributed by atoms with van der Waals surface area (Å²) in [6, 6.07) is 5.95. The summed E-state index contributed by atoms with van der Waals surface area (Å²) in [4.78, 5) is 0.168. The van der Waals surface area contributed by atoms with Crippen LogP contribution in [0, 0.1) is 0 Å². The third-order valence-electron chi connectivity index (χ3n) is 2.00. The Morgan fingerprint density at radius 2 is 2.12 bits per heavy atom. The molecule has 0 aliphatic rings. The van der Waals surface area contributed by atoms with Crippen molar-refractivity contribution in [3.8, 4) is 0 Å². The van der Waals surface area contributed by atoms with Crippen LogP contribution in [0.5, 0.6) is 0 Å². The van der Waals surface area contributed by atoms with Crippen LogP contribution in [0.4, 0.5) is 0 Å². The number of halogens is 2. The lowest BCUT2D eigenvalue weighted by Gasteiger charge is -2.12. The first kappa shape index (κ1) is 13.8. The Balaban J connectivity index is 2.86. The highest BCUT2D eigenvalue weighted by Gasteiger charge is 2.16. The smallest absolute Gasteiger partial charge is 0.208 e. The minimum atomic E-state index is -3.50. The lowest BCUT2D eigenvalue weighted by Crippen LogP contribution is -2.32. The van der Waals surface area contributed by atoms with E-state index in [1.54, 1.807) is 19.1 Å². The van der Waals surface area contributed by atoms with Gasteiger partial charge in [-0.05, 0) is 31.5 Å². The van der Waals surface area contributed by atoms with Crippen molar-refractivity contribution in [2.45, 2.75) is 24.3 Å². The van der Waals surface area contributed by atoms with Crippen LogP contribution in [0.25, 0.3) is 0 Å². The molecule has 6 heteroatoms. The first-order valence-electron chi connectivity index (χ1n) is 4.79. The van der Waals surface area contributed by atoms with Gasteiger partial charge in [0.05, 0.1) is 4.90 Å². The van der Waals surface area contributed by atoms with Crippen molar-refractivity contribution in [3.63, 3.8) is 0 Å². The summed E-state index contributed by atoms with van der Waals surface area (Å²) in [6.45, 7) is 1.77. The van der Waals surface area contributed by atoms with Crippen molar-refractivity contribution in [1.82, 2.24) is 4.72 Å². The highest BCUT2D eigenvalue weighted by atomic mass is 35.5. The maximum Gasteiger partial charge on any atom is 0.240 e. The summed E-state index contributed by atoms with van der Waals surface area (Å²) in [7, 11) is -3.50. The van der Waals surface area contributed by atoms with E-state index in [1.165, 1.54) is 12.1 Å². The molecule has 16 heavy (non-hydrogen) atoms. The van der Waals surface area contributed by atoms with Crippen LogP contribution in [0.3, 0.4) is 0 Å². The van der Waals surface area contributed by atoms with Crippen molar-refractivity contribution in [2.24, 2.45) is 0 Å². The quantitative estimate of drug-likeness (QED) is 0.844. The molecule has 0 amide bonds. The van der Waals surface area contributed by atoms with Gasteiger partial charge in [0.2, 0.25) is 10.0 Å². The van der Waals surface area contributed by atoms with Crippen molar-refractivity contribution >= 4 is 33.2 Å². The van der Waals surface area contributed by atoms with E-state index >= 15 is 0 Å². The molecular formula is C10H13Cl2NO2S. The van der Waals surface area contributed by atoms with Gasteiger partial charge in [-0.15, -0.1) is 11.6 Å². The Morgan fingerprint density at radius 3 is 2.69 bits per heavy atom. The van der Waals surface area contributed by atoms with Gasteiger partial charge in [0.25, 0.3) is 0 Å². The molecule has 0 bridgehead atoms. The second-order valence-electron chi connectivity index (χ2n) is 3.46. The van der Waals surface area contributed by atoms with Crippen molar-refractivity contribution in [1.29, 1.82) is 0 Å². The van der Waals surface area contributed by atoms with E-state index in [1.807, 2.05) is 0 Å². The predicted molar refractivity (Wildman–Crippen MR) is 66.6 cm³/mol. The molecule has 1 unspecified atom stereocenters. The van der Waals surface area contributed by atoms with Crippen LogP contribution in [-0.2, 0) is 10.0 Å². The maximum atomic E-state index is 11.9. The second kappa shape index (κ2) is 5.87. The van der Waals surface area contributed by atoms with Crippen LogP contribution in [0.2, 0.25) is 5.02 Å². The van der Waals surface area contributed by atoms with Crippen LogP contribution >= 0.6 is 23.2 Å². The van der Waals surface area contributed by atoms with Gasteiger partial charge in [0.15, 0.2) is 0 Å². The summed E-state index contributed by atoms with van der Waals surface area (Å²) in [5, 5.41) is 0.396. The molecule has 0 aromatic heterocycles. The topological polar surface area (TPSA) is 46.2 Å². The Morgan fingerprint density at radius 1 is 1.44 bits per heavy atom. The first-order valence-corrected chi connectivity index (χ1v) is 7.19. The summed E-state index contributed by atoms with van der Waals surface area (Å²) in [6.07, 6.45) is 0.585. The van der Waals surface area contributed by atoms with E-state index in [9.17, 15) is 8.42 Å². The fourth-order valence-electron chi connectivity index (χ4n) is 1.19. The third-order valence-corrected chi connectivity index (χ3v) is 4.05. The molecule has 0 aliphatic heterocycles. The monoisotopic (exact) mass is 281 g/mol. The Bertz CT molecular complexity index is 448. The molecule has 0 aliphatic carbocycles. The standard InChI is InChI=1S/C10H13Cl2NO2S/c1-8(5-6-11)13-16(14,15)10-4-2-3-9(12)7-10/h2-4,7-8,13H,5-6H2,1H3. The van der Waals surface area contributed by atoms with E-state index in [0.29, 0.717) is 17.3 Å². The molecule has 0 fully saturated rings. The third kappa shape index (κ3) is 3.94. The summed E-state index contributed by atoms with van der Waals surface area (Å²) in [5.74, 6) is 0.416. The molecular weight excluding hydrogens is 269 g/mol. The van der Waals surface area contributed by atoms with Crippen molar-refractivity contribution < 1.29 is 8.42 Å². The van der Waals surface area contributed by atoms with Crippen LogP contribution in [-0.4, -0.2) is 20.3 Å². The fourth-order valence-corrected chi connectivity index (χ4v) is 3.10. The summed E-state index contributed by atoms with van der Waals surface area (Å²) in [5.41, 5.74) is 0. The maximum absolute atomic E-state index is 11.9. The largest absolute Gasteiger partial charge is 0.240 e. The number of benzene rings is 1. The van der Waals surface area contributed by atoms with Crippen molar-refractivity contribution in [3.05, 3.63) is 29.3 Å². The number of hydrogen-bond donors (Lipinski definition) is 1. The van der Waals surface area contributed by atoms with Gasteiger partial charge in [-0.2, -0.15) is 0 Å². The van der Waals surface area contributed by atoms with Crippen LogP contribution in [0.1, 0.15) is 13.3 Å². The molecule has 1 aromatic rings. The van der Waals surface area contributed by atoms with E-state index in [0.717, 1.165) is 0 Å². The predicted octanol–water partition coefficient (Wildman–Crippen LogP) is 2.64. The number of rotatable bonds is 5. The average Bonchev–Trinajstić information content (AvgIpc) is 2.17. The highest BCUT2D eigenvalue weighted by Crippen LogP contribution is 2.15. The zero-order valence-corrected chi connectivity index (χ0v) is 11.1. The second-order valence-corrected chi connectivity index (χ2v) is 5.99. The van der Waals surface area contributed by atoms with E-state index < -0.39 is 10.0 Å². The fraction of sp³-hybridized carbons (Fsp3) is 0.400. The molecule has 1 aromatic carbocycles. The normalized spacial score (nSPS) is 13.7. The Hall–Kier alpha value is -0.290. The van der Waals surface area contributed by atoms with Crippen LogP contribution in [0.15, 0.2) is 29.2 Å². The number of alkyl halides is 1. The lowest BCUT2D eigenvalue weighted by atomic mass is 10.3. The van der Waals surface area contributed by atoms with Crippen molar-refractivity contribution in [2.75, 3.05) is 5.88 Å².